The molecular formula is C14H14N4O3S. The van der Waals surface area contributed by atoms with Crippen LogP contribution in [0.1, 0.15) is 20.9 Å². The molecule has 0 spiro atoms. The monoisotopic (exact) mass is 318 g/mol. The molecule has 1 aromatic carbocycles. The summed E-state index contributed by atoms with van der Waals surface area (Å²) in [5.41, 5.74) is 6.06. The van der Waals surface area contributed by atoms with Crippen LogP contribution in [0.2, 0.25) is 0 Å². The SMILES string of the molecule is C=CCNc1nc(C)c(C(=O)c2ccc(N)c([N+](=O)[O-])c2)s1. The number of aromatic nitrogens is 1. The predicted molar refractivity (Wildman–Crippen MR) is 86.5 cm³/mol. The molecule has 8 heteroatoms. The fourth-order valence-electron chi connectivity index (χ4n) is 1.82. The van der Waals surface area contributed by atoms with Crippen LogP contribution in [0.5, 0.6) is 0 Å². The van der Waals surface area contributed by atoms with Crippen LogP contribution in [0.15, 0.2) is 30.9 Å². The zero-order valence-corrected chi connectivity index (χ0v) is 12.6. The van der Waals surface area contributed by atoms with Gasteiger partial charge in [-0.25, -0.2) is 4.98 Å². The molecule has 0 aliphatic carbocycles. The van der Waals surface area contributed by atoms with Crippen molar-refractivity contribution >= 4 is 33.6 Å². The molecule has 7 nitrogen and oxygen atoms in total. The Morgan fingerprint density at radius 1 is 1.59 bits per heavy atom. The molecule has 114 valence electrons. The van der Waals surface area contributed by atoms with E-state index >= 15 is 0 Å². The van der Waals surface area contributed by atoms with E-state index in [1.165, 1.54) is 29.5 Å². The second kappa shape index (κ2) is 6.35. The van der Waals surface area contributed by atoms with E-state index in [-0.39, 0.29) is 22.7 Å². The molecule has 2 aromatic rings. The molecule has 0 saturated carbocycles. The molecule has 22 heavy (non-hydrogen) atoms. The van der Waals surface area contributed by atoms with E-state index in [2.05, 4.69) is 16.9 Å². The Hall–Kier alpha value is -2.74. The van der Waals surface area contributed by atoms with Gasteiger partial charge in [0.05, 0.1) is 15.5 Å². The first-order valence-corrected chi connectivity index (χ1v) is 7.16. The first-order valence-electron chi connectivity index (χ1n) is 6.35. The number of nitrogens with zero attached hydrogens (tertiary/aromatic N) is 2. The third-order valence-corrected chi connectivity index (χ3v) is 4.00. The third kappa shape index (κ3) is 3.12. The third-order valence-electron chi connectivity index (χ3n) is 2.89. The Kier molecular flexibility index (Phi) is 4.52. The van der Waals surface area contributed by atoms with Crippen LogP contribution < -0.4 is 11.1 Å². The lowest BCUT2D eigenvalue weighted by Gasteiger charge is -2.01. The lowest BCUT2D eigenvalue weighted by Crippen LogP contribution is -2.03. The highest BCUT2D eigenvalue weighted by Gasteiger charge is 2.20. The van der Waals surface area contributed by atoms with Crippen molar-refractivity contribution in [1.82, 2.24) is 4.98 Å². The van der Waals surface area contributed by atoms with Gasteiger partial charge in [-0.3, -0.25) is 14.9 Å². The molecule has 0 radical (unpaired) electrons. The number of hydrogen-bond acceptors (Lipinski definition) is 7. The highest BCUT2D eigenvalue weighted by atomic mass is 32.1. The second-order valence-corrected chi connectivity index (χ2v) is 5.46. The quantitative estimate of drug-likeness (QED) is 0.278. The summed E-state index contributed by atoms with van der Waals surface area (Å²) >= 11 is 1.20. The van der Waals surface area contributed by atoms with E-state index in [0.717, 1.165) is 0 Å². The summed E-state index contributed by atoms with van der Waals surface area (Å²) in [5.74, 6) is -0.315. The molecule has 0 amide bonds. The maximum Gasteiger partial charge on any atom is 0.292 e. The van der Waals surface area contributed by atoms with Crippen LogP contribution >= 0.6 is 11.3 Å². The highest BCUT2D eigenvalue weighted by molar-refractivity contribution is 7.17. The minimum absolute atomic E-state index is 0.0240. The first kappa shape index (κ1) is 15.6. The van der Waals surface area contributed by atoms with Gasteiger partial charge in [0, 0.05) is 18.2 Å². The van der Waals surface area contributed by atoms with Crippen molar-refractivity contribution in [2.75, 3.05) is 17.6 Å². The van der Waals surface area contributed by atoms with Gasteiger partial charge >= 0.3 is 0 Å². The Morgan fingerprint density at radius 2 is 2.32 bits per heavy atom. The zero-order chi connectivity index (χ0) is 16.3. The van der Waals surface area contributed by atoms with Gasteiger partial charge in [-0.15, -0.1) is 6.58 Å². The van der Waals surface area contributed by atoms with Crippen molar-refractivity contribution in [2.24, 2.45) is 0 Å². The van der Waals surface area contributed by atoms with Gasteiger partial charge in [-0.05, 0) is 19.1 Å². The molecule has 0 fully saturated rings. The number of rotatable bonds is 6. The number of nitrogens with two attached hydrogens (primary N) is 1. The number of carbonyl (C=O) groups excluding carboxylic acids is 1. The molecule has 0 unspecified atom stereocenters. The summed E-state index contributed by atoms with van der Waals surface area (Å²) in [6, 6.07) is 4.02. The molecule has 0 aliphatic heterocycles. The maximum atomic E-state index is 12.5. The highest BCUT2D eigenvalue weighted by Crippen LogP contribution is 2.28. The Labute approximate surface area is 130 Å². The van der Waals surface area contributed by atoms with E-state index in [1.807, 2.05) is 0 Å². The normalized spacial score (nSPS) is 10.2. The van der Waals surface area contributed by atoms with Crippen molar-refractivity contribution in [1.29, 1.82) is 0 Å². The number of nitro benzene ring substituents is 1. The van der Waals surface area contributed by atoms with Crippen molar-refractivity contribution in [2.45, 2.75) is 6.92 Å². The largest absolute Gasteiger partial charge is 0.393 e. The summed E-state index contributed by atoms with van der Waals surface area (Å²) in [6.07, 6.45) is 1.68. The number of ketones is 1. The minimum Gasteiger partial charge on any atom is -0.393 e. The number of aryl methyl sites for hydroxylation is 1. The molecule has 3 N–H and O–H groups in total. The van der Waals surface area contributed by atoms with E-state index in [4.69, 9.17) is 5.73 Å². The van der Waals surface area contributed by atoms with Crippen molar-refractivity contribution in [3.63, 3.8) is 0 Å². The molecule has 0 atom stereocenters. The fourth-order valence-corrected chi connectivity index (χ4v) is 2.75. The molecule has 0 bridgehead atoms. The summed E-state index contributed by atoms with van der Waals surface area (Å²) in [5, 5.41) is 14.5. The smallest absolute Gasteiger partial charge is 0.292 e. The first-order chi connectivity index (χ1) is 10.4. The van der Waals surface area contributed by atoms with E-state index in [1.54, 1.807) is 13.0 Å². The average molecular weight is 318 g/mol. The van der Waals surface area contributed by atoms with Gasteiger partial charge in [-0.1, -0.05) is 17.4 Å². The molecule has 0 saturated heterocycles. The summed E-state index contributed by atoms with van der Waals surface area (Å²) < 4.78 is 0. The van der Waals surface area contributed by atoms with Crippen LogP contribution in [-0.4, -0.2) is 22.2 Å². The molecule has 0 aliphatic rings. The van der Waals surface area contributed by atoms with Crippen LogP contribution in [-0.2, 0) is 0 Å². The summed E-state index contributed by atoms with van der Waals surface area (Å²) in [7, 11) is 0. The topological polar surface area (TPSA) is 111 Å². The molecule has 1 aromatic heterocycles. The van der Waals surface area contributed by atoms with E-state index < -0.39 is 4.92 Å². The van der Waals surface area contributed by atoms with Crippen LogP contribution in [0.4, 0.5) is 16.5 Å². The van der Waals surface area contributed by atoms with Gasteiger partial charge in [0.25, 0.3) is 5.69 Å². The van der Waals surface area contributed by atoms with Gasteiger partial charge in [0.15, 0.2) is 5.13 Å². The maximum absolute atomic E-state index is 12.5. The Bertz CT molecular complexity index is 755. The number of hydrogen-bond donors (Lipinski definition) is 2. The number of anilines is 2. The summed E-state index contributed by atoms with van der Waals surface area (Å²) in [4.78, 5) is 27.5. The van der Waals surface area contributed by atoms with Crippen molar-refractivity contribution in [3.8, 4) is 0 Å². The van der Waals surface area contributed by atoms with Crippen LogP contribution in [0.3, 0.4) is 0 Å². The molecule has 2 rings (SSSR count). The second-order valence-electron chi connectivity index (χ2n) is 4.46. The Morgan fingerprint density at radius 3 is 2.95 bits per heavy atom. The van der Waals surface area contributed by atoms with Gasteiger partial charge in [0.2, 0.25) is 5.78 Å². The van der Waals surface area contributed by atoms with Gasteiger partial charge in [0.1, 0.15) is 5.69 Å². The number of nitro groups is 1. The van der Waals surface area contributed by atoms with Gasteiger partial charge in [-0.2, -0.15) is 0 Å². The Balaban J connectivity index is 2.36. The van der Waals surface area contributed by atoms with Gasteiger partial charge < -0.3 is 11.1 Å². The average Bonchev–Trinajstić information content (AvgIpc) is 2.85. The lowest BCUT2D eigenvalue weighted by molar-refractivity contribution is -0.383. The van der Waals surface area contributed by atoms with Crippen LogP contribution in [0, 0.1) is 17.0 Å². The number of nitrogen functional groups attached to an aromatic ring is 1. The van der Waals surface area contributed by atoms with E-state index in [9.17, 15) is 14.9 Å². The van der Waals surface area contributed by atoms with Crippen molar-refractivity contribution < 1.29 is 9.72 Å². The summed E-state index contributed by atoms with van der Waals surface area (Å²) in [6.45, 7) is 5.85. The fraction of sp³-hybridized carbons (Fsp3) is 0.143. The standard InChI is InChI=1S/C14H14N4O3S/c1-3-6-16-14-17-8(2)13(22-14)12(19)9-4-5-10(15)11(7-9)18(20)21/h3-5,7H,1,6,15H2,2H3,(H,16,17). The zero-order valence-electron chi connectivity index (χ0n) is 11.8. The number of carbonyl (C=O) groups is 1. The molecular weight excluding hydrogens is 304 g/mol. The molecule has 1 heterocycles. The van der Waals surface area contributed by atoms with E-state index in [0.29, 0.717) is 22.2 Å². The number of nitrogens with one attached hydrogen (secondary N) is 1. The minimum atomic E-state index is -0.608. The number of thiazole rings is 1. The number of benzene rings is 1. The predicted octanol–water partition coefficient (Wildman–Crippen LogP) is 2.77. The lowest BCUT2D eigenvalue weighted by atomic mass is 10.1. The van der Waals surface area contributed by atoms with Crippen molar-refractivity contribution in [3.05, 3.63) is 57.1 Å². The van der Waals surface area contributed by atoms with Crippen LogP contribution in [0.25, 0.3) is 0 Å².